The van der Waals surface area contributed by atoms with E-state index < -0.39 is 5.97 Å². The van der Waals surface area contributed by atoms with Crippen molar-refractivity contribution in [1.82, 2.24) is 9.88 Å². The summed E-state index contributed by atoms with van der Waals surface area (Å²) in [5, 5.41) is 10.2. The minimum atomic E-state index is -0.912. The maximum atomic E-state index is 12.0. The number of nitrogens with zero attached hydrogens (tertiary/aromatic N) is 2. The summed E-state index contributed by atoms with van der Waals surface area (Å²) in [5.41, 5.74) is 2.41. The molecule has 1 aliphatic carbocycles. The van der Waals surface area contributed by atoms with Crippen molar-refractivity contribution in [1.29, 1.82) is 0 Å². The van der Waals surface area contributed by atoms with Gasteiger partial charge in [0.15, 0.2) is 0 Å². The Bertz CT molecular complexity index is 855. The number of fused-ring (bicyclic) bond motifs is 1. The van der Waals surface area contributed by atoms with Crippen LogP contribution in [0.5, 0.6) is 0 Å². The first kappa shape index (κ1) is 17.0. The fourth-order valence-electron chi connectivity index (χ4n) is 3.45. The molecule has 1 aliphatic heterocycles. The van der Waals surface area contributed by atoms with Crippen LogP contribution in [0, 0.1) is 0 Å². The summed E-state index contributed by atoms with van der Waals surface area (Å²) in [7, 11) is 0. The van der Waals surface area contributed by atoms with Crippen molar-refractivity contribution in [3.8, 4) is 0 Å². The van der Waals surface area contributed by atoms with Gasteiger partial charge in [0.25, 0.3) is 0 Å². The number of amides is 1. The number of thiazole rings is 1. The molecule has 1 saturated carbocycles. The molecule has 2 heterocycles. The number of benzene rings is 1. The summed E-state index contributed by atoms with van der Waals surface area (Å²) < 4.78 is 5.11. The SMILES string of the molecule is CCOC(=O)N1CCc2nc(C3(c4ccc(C(=O)O)cc4)CC3)sc2C1. The molecule has 1 amide bonds. The number of aromatic nitrogens is 1. The molecule has 2 aliphatic rings. The maximum absolute atomic E-state index is 12.0. The van der Waals surface area contributed by atoms with Crippen molar-refractivity contribution in [2.45, 2.75) is 38.1 Å². The number of carbonyl (C=O) groups is 2. The van der Waals surface area contributed by atoms with E-state index in [2.05, 4.69) is 0 Å². The third-order valence-electron chi connectivity index (χ3n) is 5.10. The number of carbonyl (C=O) groups excluding carboxylic acids is 1. The number of aromatic carboxylic acids is 1. The molecule has 26 heavy (non-hydrogen) atoms. The number of rotatable bonds is 4. The van der Waals surface area contributed by atoms with Gasteiger partial charge in [-0.25, -0.2) is 14.6 Å². The van der Waals surface area contributed by atoms with Gasteiger partial charge in [-0.15, -0.1) is 11.3 Å². The van der Waals surface area contributed by atoms with E-state index in [4.69, 9.17) is 14.8 Å². The second kappa shape index (κ2) is 6.39. The zero-order valence-electron chi connectivity index (χ0n) is 14.5. The molecule has 4 rings (SSSR count). The lowest BCUT2D eigenvalue weighted by molar-refractivity contribution is 0.0696. The van der Waals surface area contributed by atoms with Crippen molar-refractivity contribution in [3.05, 3.63) is 51.0 Å². The van der Waals surface area contributed by atoms with E-state index >= 15 is 0 Å². The fourth-order valence-corrected chi connectivity index (χ4v) is 4.85. The van der Waals surface area contributed by atoms with Crippen LogP contribution >= 0.6 is 11.3 Å². The number of carboxylic acids is 1. The highest BCUT2D eigenvalue weighted by atomic mass is 32.1. The van der Waals surface area contributed by atoms with Crippen LogP contribution in [0.4, 0.5) is 4.79 Å². The fraction of sp³-hybridized carbons (Fsp3) is 0.421. The minimum Gasteiger partial charge on any atom is -0.478 e. The molecule has 0 unspecified atom stereocenters. The quantitative estimate of drug-likeness (QED) is 0.889. The van der Waals surface area contributed by atoms with E-state index in [1.807, 2.05) is 19.1 Å². The molecule has 1 fully saturated rings. The molecule has 0 radical (unpaired) electrons. The molecule has 7 heteroatoms. The van der Waals surface area contributed by atoms with Gasteiger partial charge < -0.3 is 14.7 Å². The van der Waals surface area contributed by atoms with Crippen LogP contribution in [0.1, 0.15) is 51.3 Å². The third-order valence-corrected chi connectivity index (χ3v) is 6.39. The predicted octanol–water partition coefficient (Wildman–Crippen LogP) is 3.44. The first-order valence-corrected chi connectivity index (χ1v) is 9.60. The molecule has 1 aromatic carbocycles. The molecule has 1 N–H and O–H groups in total. The van der Waals surface area contributed by atoms with E-state index in [1.165, 1.54) is 0 Å². The largest absolute Gasteiger partial charge is 0.478 e. The van der Waals surface area contributed by atoms with E-state index in [0.29, 0.717) is 25.3 Å². The average molecular weight is 372 g/mol. The summed E-state index contributed by atoms with van der Waals surface area (Å²) in [6.07, 6.45) is 2.53. The van der Waals surface area contributed by atoms with Crippen molar-refractivity contribution in [3.63, 3.8) is 0 Å². The van der Waals surface area contributed by atoms with Gasteiger partial charge in [-0.05, 0) is 37.5 Å². The molecule has 6 nitrogen and oxygen atoms in total. The second-order valence-corrected chi connectivity index (χ2v) is 7.81. The van der Waals surface area contributed by atoms with Crippen LogP contribution < -0.4 is 0 Å². The van der Waals surface area contributed by atoms with Crippen molar-refractivity contribution in [2.75, 3.05) is 13.2 Å². The summed E-state index contributed by atoms with van der Waals surface area (Å²) in [4.78, 5) is 30.8. The Labute approximate surface area is 155 Å². The maximum Gasteiger partial charge on any atom is 0.410 e. The monoisotopic (exact) mass is 372 g/mol. The lowest BCUT2D eigenvalue weighted by atomic mass is 9.95. The number of ether oxygens (including phenoxy) is 1. The zero-order valence-corrected chi connectivity index (χ0v) is 15.3. The topological polar surface area (TPSA) is 79.7 Å². The Morgan fingerprint density at radius 2 is 2.04 bits per heavy atom. The van der Waals surface area contributed by atoms with E-state index in [1.54, 1.807) is 28.4 Å². The van der Waals surface area contributed by atoms with Crippen molar-refractivity contribution >= 4 is 23.4 Å². The minimum absolute atomic E-state index is 0.0895. The van der Waals surface area contributed by atoms with Gasteiger partial charge in [0.2, 0.25) is 0 Å². The van der Waals surface area contributed by atoms with E-state index in [0.717, 1.165) is 40.4 Å². The van der Waals surface area contributed by atoms with Gasteiger partial charge in [-0.1, -0.05) is 12.1 Å². The Morgan fingerprint density at radius 3 is 2.65 bits per heavy atom. The first-order valence-electron chi connectivity index (χ1n) is 8.78. The van der Waals surface area contributed by atoms with Crippen LogP contribution in [-0.2, 0) is 23.1 Å². The Kier molecular flexibility index (Phi) is 4.19. The molecular formula is C19H20N2O4S. The second-order valence-electron chi connectivity index (χ2n) is 6.72. The summed E-state index contributed by atoms with van der Waals surface area (Å²) in [6, 6.07) is 7.13. The highest BCUT2D eigenvalue weighted by Crippen LogP contribution is 2.55. The standard InChI is InChI=1S/C19H20N2O4S/c1-2-25-18(24)21-10-7-14-15(11-21)26-17(20-14)19(8-9-19)13-5-3-12(4-6-13)16(22)23/h3-6H,2,7-11H2,1H3,(H,22,23). The molecular weight excluding hydrogens is 352 g/mol. The molecule has 1 aromatic heterocycles. The van der Waals surface area contributed by atoms with Gasteiger partial charge in [0.05, 0.1) is 24.4 Å². The van der Waals surface area contributed by atoms with E-state index in [-0.39, 0.29) is 11.5 Å². The molecule has 0 saturated heterocycles. The lowest BCUT2D eigenvalue weighted by Gasteiger charge is -2.24. The molecule has 0 spiro atoms. The van der Waals surface area contributed by atoms with Crippen LogP contribution in [-0.4, -0.2) is 40.2 Å². The van der Waals surface area contributed by atoms with Gasteiger partial charge in [-0.3, -0.25) is 0 Å². The van der Waals surface area contributed by atoms with Gasteiger partial charge in [-0.2, -0.15) is 0 Å². The predicted molar refractivity (Wildman–Crippen MR) is 96.7 cm³/mol. The normalized spacial score (nSPS) is 17.5. The highest BCUT2D eigenvalue weighted by molar-refractivity contribution is 7.12. The number of hydrogen-bond acceptors (Lipinski definition) is 5. The molecule has 0 atom stereocenters. The van der Waals surface area contributed by atoms with Gasteiger partial charge in [0, 0.05) is 23.3 Å². The summed E-state index contributed by atoms with van der Waals surface area (Å²) in [5.74, 6) is -0.912. The summed E-state index contributed by atoms with van der Waals surface area (Å²) >= 11 is 1.67. The first-order chi connectivity index (χ1) is 12.5. The Balaban J connectivity index is 1.58. The lowest BCUT2D eigenvalue weighted by Crippen LogP contribution is -2.35. The van der Waals surface area contributed by atoms with E-state index in [9.17, 15) is 9.59 Å². The van der Waals surface area contributed by atoms with Crippen LogP contribution in [0.2, 0.25) is 0 Å². The summed E-state index contributed by atoms with van der Waals surface area (Å²) in [6.45, 7) is 3.38. The van der Waals surface area contributed by atoms with Gasteiger partial charge in [0.1, 0.15) is 5.01 Å². The van der Waals surface area contributed by atoms with Gasteiger partial charge >= 0.3 is 12.1 Å². The smallest absolute Gasteiger partial charge is 0.410 e. The Hall–Kier alpha value is -2.41. The third kappa shape index (κ3) is 2.86. The van der Waals surface area contributed by atoms with Crippen molar-refractivity contribution < 1.29 is 19.4 Å². The zero-order chi connectivity index (χ0) is 18.3. The Morgan fingerprint density at radius 1 is 1.31 bits per heavy atom. The highest BCUT2D eigenvalue weighted by Gasteiger charge is 2.49. The number of carboxylic acid groups (broad SMARTS) is 1. The van der Waals surface area contributed by atoms with Crippen LogP contribution in [0.15, 0.2) is 24.3 Å². The van der Waals surface area contributed by atoms with Crippen molar-refractivity contribution in [2.24, 2.45) is 0 Å². The molecule has 0 bridgehead atoms. The average Bonchev–Trinajstić information content (AvgIpc) is 3.34. The molecule has 136 valence electrons. The molecule has 2 aromatic rings. The van der Waals surface area contributed by atoms with Crippen LogP contribution in [0.3, 0.4) is 0 Å². The van der Waals surface area contributed by atoms with Crippen LogP contribution in [0.25, 0.3) is 0 Å². The number of hydrogen-bond donors (Lipinski definition) is 1.